The maximum atomic E-state index is 7.06. The molecule has 3 aliphatic rings. The first-order chi connectivity index (χ1) is 47.5. The normalized spacial score (nSPS) is 14.4. The zero-order valence-electron chi connectivity index (χ0n) is 60.6. The summed E-state index contributed by atoms with van der Waals surface area (Å²) in [6.07, 6.45) is 35.7. The van der Waals surface area contributed by atoms with Gasteiger partial charge in [0.25, 0.3) is 0 Å². The lowest BCUT2D eigenvalue weighted by Gasteiger charge is -2.35. The highest BCUT2D eigenvalue weighted by Crippen LogP contribution is 2.64. The van der Waals surface area contributed by atoms with Gasteiger partial charge in [-0.25, -0.2) is 0 Å². The third-order valence-electron chi connectivity index (χ3n) is 23.9. The lowest BCUT2D eigenvalue weighted by molar-refractivity contribution is 0.394. The van der Waals surface area contributed by atoms with E-state index in [1.165, 1.54) is 278 Å². The Balaban J connectivity index is 0.962. The number of hydrogen-bond acceptors (Lipinski definition) is 3. The SMILES string of the molecule is CCCCCCCCC1(CCCCCCCC)c2cc(N(c3ccccc3)c3ccc4c(c3)C(C)(C)c3cc(-c5c(C)cc(C)cc5C)c5oc6ccccc6c5c3-4)ccc2-c2cc3c(cc21)-c1c(ccc2oc4ccccc4c12)C3(CCCCCCCC)CCCCCCCC. The largest absolute Gasteiger partial charge is 0.456 e. The Morgan fingerprint density at radius 2 is 0.753 bits per heavy atom. The van der Waals surface area contributed by atoms with E-state index in [2.05, 4.69) is 225 Å². The third-order valence-corrected chi connectivity index (χ3v) is 23.9. The van der Waals surface area contributed by atoms with Crippen molar-refractivity contribution in [3.8, 4) is 44.5 Å². The minimum atomic E-state index is -0.313. The molecule has 3 aliphatic carbocycles. The zero-order chi connectivity index (χ0) is 66.8. The molecule has 0 radical (unpaired) electrons. The van der Waals surface area contributed by atoms with Crippen molar-refractivity contribution in [2.75, 3.05) is 4.90 Å². The molecule has 11 aromatic rings. The predicted octanol–water partition coefficient (Wildman–Crippen LogP) is 29.4. The van der Waals surface area contributed by atoms with Gasteiger partial charge in [-0.15, -0.1) is 0 Å². The molecule has 0 aliphatic heterocycles. The molecule has 2 heterocycles. The van der Waals surface area contributed by atoms with Gasteiger partial charge in [0.15, 0.2) is 0 Å². The van der Waals surface area contributed by atoms with E-state index in [-0.39, 0.29) is 16.2 Å². The number of hydrogen-bond donors (Lipinski definition) is 0. The van der Waals surface area contributed by atoms with E-state index in [0.29, 0.717) is 0 Å². The molecule has 0 N–H and O–H groups in total. The summed E-state index contributed by atoms with van der Waals surface area (Å²) in [5.41, 5.74) is 30.9. The Kier molecular flexibility index (Phi) is 19.7. The Labute approximate surface area is 581 Å². The van der Waals surface area contributed by atoms with E-state index >= 15 is 0 Å². The molecule has 0 saturated carbocycles. The molecular weight excluding hydrogens is 1180 g/mol. The van der Waals surface area contributed by atoms with Crippen LogP contribution in [0.5, 0.6) is 0 Å². The summed E-state index contributed by atoms with van der Waals surface area (Å²) in [6.45, 7) is 21.1. The number of rotatable bonds is 32. The number of nitrogens with zero attached hydrogens (tertiary/aromatic N) is 1. The number of fused-ring (bicyclic) bond motifs is 17. The third kappa shape index (κ3) is 12.1. The molecule has 2 aromatic heterocycles. The average Bonchev–Trinajstić information content (AvgIpc) is 1.56. The second-order valence-corrected chi connectivity index (χ2v) is 30.8. The molecule has 3 nitrogen and oxygen atoms in total. The van der Waals surface area contributed by atoms with Crippen LogP contribution in [-0.2, 0) is 16.2 Å². The van der Waals surface area contributed by atoms with Gasteiger partial charge in [-0.2, -0.15) is 0 Å². The number of para-hydroxylation sites is 3. The number of benzene rings is 9. The van der Waals surface area contributed by atoms with Crippen molar-refractivity contribution >= 4 is 60.9 Å². The fourth-order valence-corrected chi connectivity index (χ4v) is 19.1. The van der Waals surface area contributed by atoms with Gasteiger partial charge >= 0.3 is 0 Å². The fraction of sp³-hybridized carbons (Fsp3) is 0.426. The van der Waals surface area contributed by atoms with Crippen LogP contribution in [0.4, 0.5) is 17.1 Å². The lowest BCUT2D eigenvalue weighted by Crippen LogP contribution is -2.27. The maximum absolute atomic E-state index is 7.06. The number of anilines is 3. The van der Waals surface area contributed by atoms with Crippen LogP contribution in [0.1, 0.15) is 271 Å². The molecule has 0 bridgehead atoms. The summed E-state index contributed by atoms with van der Waals surface area (Å²) in [6, 6.07) is 62.1. The van der Waals surface area contributed by atoms with Crippen LogP contribution < -0.4 is 4.90 Å². The average molecular weight is 1280 g/mol. The number of aryl methyl sites for hydroxylation is 3. The summed E-state index contributed by atoms with van der Waals surface area (Å²) in [5, 5.41) is 5.00. The summed E-state index contributed by atoms with van der Waals surface area (Å²) < 4.78 is 14.0. The molecule has 0 atom stereocenters. The van der Waals surface area contributed by atoms with Crippen molar-refractivity contribution in [2.24, 2.45) is 0 Å². The Hall–Kier alpha value is -7.62. The summed E-state index contributed by atoms with van der Waals surface area (Å²) in [5.74, 6) is 0. The van der Waals surface area contributed by atoms with Crippen LogP contribution in [0.25, 0.3) is 88.4 Å². The molecule has 0 saturated heterocycles. The van der Waals surface area contributed by atoms with Crippen molar-refractivity contribution < 1.29 is 8.83 Å². The highest BCUT2D eigenvalue weighted by Gasteiger charge is 2.49. The quantitative estimate of drug-likeness (QED) is 0.0394. The highest BCUT2D eigenvalue weighted by molar-refractivity contribution is 6.19. The van der Waals surface area contributed by atoms with Gasteiger partial charge in [0.05, 0.1) is 0 Å². The summed E-state index contributed by atoms with van der Waals surface area (Å²) in [4.78, 5) is 2.61. The van der Waals surface area contributed by atoms with Crippen LogP contribution in [-0.4, -0.2) is 0 Å². The first-order valence-corrected chi connectivity index (χ1v) is 38.8. The monoisotopic (exact) mass is 1280 g/mol. The van der Waals surface area contributed by atoms with Crippen molar-refractivity contribution in [1.29, 1.82) is 0 Å². The van der Waals surface area contributed by atoms with E-state index in [1.807, 2.05) is 0 Å². The van der Waals surface area contributed by atoms with Crippen molar-refractivity contribution in [2.45, 2.75) is 258 Å². The van der Waals surface area contributed by atoms with E-state index in [0.717, 1.165) is 35.2 Å². The Morgan fingerprint density at radius 1 is 0.309 bits per heavy atom. The number of furan rings is 2. The van der Waals surface area contributed by atoms with Crippen LogP contribution in [0.3, 0.4) is 0 Å². The molecule has 502 valence electrons. The molecule has 0 unspecified atom stereocenters. The zero-order valence-corrected chi connectivity index (χ0v) is 60.6. The number of unbranched alkanes of at least 4 members (excludes halogenated alkanes) is 20. The fourth-order valence-electron chi connectivity index (χ4n) is 19.1. The predicted molar refractivity (Wildman–Crippen MR) is 417 cm³/mol. The first kappa shape index (κ1) is 66.6. The minimum Gasteiger partial charge on any atom is -0.456 e. The molecule has 0 fully saturated rings. The van der Waals surface area contributed by atoms with Gasteiger partial charge in [-0.3, -0.25) is 0 Å². The highest BCUT2D eigenvalue weighted by atomic mass is 16.3. The van der Waals surface area contributed by atoms with E-state index < -0.39 is 0 Å². The Morgan fingerprint density at radius 3 is 1.33 bits per heavy atom. The van der Waals surface area contributed by atoms with Crippen molar-refractivity contribution in [3.05, 3.63) is 208 Å². The molecule has 9 aromatic carbocycles. The van der Waals surface area contributed by atoms with Gasteiger partial charge in [-0.05, 0) is 203 Å². The lowest BCUT2D eigenvalue weighted by atomic mass is 9.68. The van der Waals surface area contributed by atoms with Crippen LogP contribution in [0.2, 0.25) is 0 Å². The maximum Gasteiger partial charge on any atom is 0.143 e. The molecule has 14 rings (SSSR count). The second-order valence-electron chi connectivity index (χ2n) is 30.8. The molecular formula is C94H109NO2. The van der Waals surface area contributed by atoms with E-state index in [9.17, 15) is 0 Å². The van der Waals surface area contributed by atoms with Gasteiger partial charge in [0.1, 0.15) is 22.3 Å². The van der Waals surface area contributed by atoms with Gasteiger partial charge < -0.3 is 13.7 Å². The van der Waals surface area contributed by atoms with Crippen LogP contribution >= 0.6 is 0 Å². The minimum absolute atomic E-state index is 0.0899. The molecule has 0 spiro atoms. The van der Waals surface area contributed by atoms with Gasteiger partial charge in [0, 0.05) is 60.4 Å². The first-order valence-electron chi connectivity index (χ1n) is 38.8. The topological polar surface area (TPSA) is 29.5 Å². The van der Waals surface area contributed by atoms with Gasteiger partial charge in [-0.1, -0.05) is 286 Å². The molecule has 3 heteroatoms. The van der Waals surface area contributed by atoms with Crippen molar-refractivity contribution in [3.63, 3.8) is 0 Å². The smallest absolute Gasteiger partial charge is 0.143 e. The molecule has 97 heavy (non-hydrogen) atoms. The van der Waals surface area contributed by atoms with Crippen LogP contribution in [0, 0.1) is 20.8 Å². The Bertz CT molecular complexity index is 4560. The summed E-state index contributed by atoms with van der Waals surface area (Å²) >= 11 is 0. The second kappa shape index (κ2) is 28.7. The van der Waals surface area contributed by atoms with Crippen LogP contribution in [0.15, 0.2) is 167 Å². The molecule has 0 amide bonds. The van der Waals surface area contributed by atoms with Crippen molar-refractivity contribution in [1.82, 2.24) is 0 Å². The standard InChI is InChI=1S/C94H109NO2/c1-10-14-18-22-26-37-53-93(54-38-27-23-19-15-11-2)77-51-52-85-89(72-43-33-35-45-83(72)96-85)88(77)75-62-80-74(61-81(75)93)70-49-47-69(60-79(70)94(80,55-39-28-24-20-16-12-3)56-40-29-25-21-17-13-4)95(67-41-31-30-32-42-67)68-48-50-71-78(59-68)92(8,9)82-63-76(86-65(6)57-64(5)58-66(86)7)91-90(87(71)82)73-44-34-36-46-84(73)97-91/h30-36,41-52,57-63H,10-29,37-40,53-56H2,1-9H3. The summed E-state index contributed by atoms with van der Waals surface area (Å²) in [7, 11) is 0. The van der Waals surface area contributed by atoms with E-state index in [1.54, 1.807) is 22.3 Å². The van der Waals surface area contributed by atoms with Gasteiger partial charge in [0.2, 0.25) is 0 Å². The van der Waals surface area contributed by atoms with E-state index in [4.69, 9.17) is 8.83 Å².